The molecule has 0 saturated carbocycles. The van der Waals surface area contributed by atoms with Crippen LogP contribution in [0.25, 0.3) is 0 Å². The van der Waals surface area contributed by atoms with Crippen molar-refractivity contribution in [2.45, 2.75) is 32.2 Å². The van der Waals surface area contributed by atoms with Crippen molar-refractivity contribution in [2.24, 2.45) is 5.73 Å². The average molecular weight is 230 g/mol. The van der Waals surface area contributed by atoms with Gasteiger partial charge in [-0.05, 0) is 24.1 Å². The van der Waals surface area contributed by atoms with Gasteiger partial charge in [0, 0.05) is 6.04 Å². The van der Waals surface area contributed by atoms with Gasteiger partial charge in [0.15, 0.2) is 0 Å². The first-order chi connectivity index (χ1) is 6.77. The highest BCUT2D eigenvalue weighted by atomic mass is 35.5. The van der Waals surface area contributed by atoms with E-state index in [2.05, 4.69) is 6.92 Å². The number of hydrogen-bond donors (Lipinski definition) is 1. The van der Waals surface area contributed by atoms with E-state index in [0.717, 1.165) is 12.2 Å². The monoisotopic (exact) mass is 229 g/mol. The minimum absolute atomic E-state index is 0. The van der Waals surface area contributed by atoms with Crippen molar-refractivity contribution < 1.29 is 4.74 Å². The Balaban J connectivity index is 0.00000196. The highest BCUT2D eigenvalue weighted by Gasteiger charge is 2.04. The summed E-state index contributed by atoms with van der Waals surface area (Å²) < 4.78 is 5.09. The van der Waals surface area contributed by atoms with Gasteiger partial charge >= 0.3 is 0 Å². The zero-order valence-corrected chi connectivity index (χ0v) is 10.2. The van der Waals surface area contributed by atoms with E-state index >= 15 is 0 Å². The van der Waals surface area contributed by atoms with Crippen molar-refractivity contribution in [3.05, 3.63) is 29.8 Å². The van der Waals surface area contributed by atoms with Crippen molar-refractivity contribution in [3.63, 3.8) is 0 Å². The van der Waals surface area contributed by atoms with Crippen LogP contribution >= 0.6 is 12.4 Å². The molecule has 0 aliphatic rings. The minimum Gasteiger partial charge on any atom is -0.497 e. The molecule has 86 valence electrons. The molecule has 0 amide bonds. The number of rotatable bonds is 5. The van der Waals surface area contributed by atoms with Crippen LogP contribution in [0.5, 0.6) is 5.75 Å². The van der Waals surface area contributed by atoms with Crippen LogP contribution in [-0.4, -0.2) is 7.11 Å². The molecule has 1 rings (SSSR count). The number of nitrogens with two attached hydrogens (primary N) is 1. The number of halogens is 1. The Bertz CT molecular complexity index is 261. The predicted molar refractivity (Wildman–Crippen MR) is 66.7 cm³/mol. The predicted octanol–water partition coefficient (Wildman–Crippen LogP) is 3.31. The first-order valence-electron chi connectivity index (χ1n) is 5.17. The molecule has 1 aromatic rings. The van der Waals surface area contributed by atoms with Crippen LogP contribution in [0, 0.1) is 0 Å². The third-order valence-electron chi connectivity index (χ3n) is 2.41. The van der Waals surface area contributed by atoms with Crippen molar-refractivity contribution in [3.8, 4) is 5.75 Å². The first-order valence-corrected chi connectivity index (χ1v) is 5.17. The van der Waals surface area contributed by atoms with Crippen LogP contribution in [-0.2, 0) is 0 Å². The topological polar surface area (TPSA) is 35.2 Å². The van der Waals surface area contributed by atoms with E-state index in [1.54, 1.807) is 7.11 Å². The largest absolute Gasteiger partial charge is 0.497 e. The number of methoxy groups -OCH3 is 1. The van der Waals surface area contributed by atoms with E-state index < -0.39 is 0 Å². The number of unbranched alkanes of at least 4 members (excludes halogenated alkanes) is 1. The molecule has 0 aliphatic carbocycles. The molecule has 0 heterocycles. The standard InChI is InChI=1S/C12H19NO.ClH/c1-3-4-5-12(13)10-6-8-11(14-2)9-7-10;/h6-9,12H,3-5,13H2,1-2H3;1H/t12-;/m1./s1. The lowest BCUT2D eigenvalue weighted by molar-refractivity contribution is 0.414. The average Bonchev–Trinajstić information content (AvgIpc) is 2.26. The lowest BCUT2D eigenvalue weighted by Crippen LogP contribution is -2.09. The Hall–Kier alpha value is -0.730. The molecule has 15 heavy (non-hydrogen) atoms. The number of ether oxygens (including phenoxy) is 1. The molecule has 0 spiro atoms. The van der Waals surface area contributed by atoms with E-state index in [0.29, 0.717) is 0 Å². The molecule has 3 heteroatoms. The Labute approximate surface area is 98.2 Å². The van der Waals surface area contributed by atoms with Crippen LogP contribution in [0.15, 0.2) is 24.3 Å². The van der Waals surface area contributed by atoms with Crippen molar-refractivity contribution in [1.82, 2.24) is 0 Å². The molecule has 0 radical (unpaired) electrons. The summed E-state index contributed by atoms with van der Waals surface area (Å²) in [6, 6.07) is 8.17. The van der Waals surface area contributed by atoms with Gasteiger partial charge in [-0.2, -0.15) is 0 Å². The van der Waals surface area contributed by atoms with Gasteiger partial charge < -0.3 is 10.5 Å². The molecule has 0 saturated heterocycles. The molecule has 0 aliphatic heterocycles. The van der Waals surface area contributed by atoms with Gasteiger partial charge in [0.25, 0.3) is 0 Å². The summed E-state index contributed by atoms with van der Waals surface area (Å²) in [4.78, 5) is 0. The molecular formula is C12H20ClNO. The normalized spacial score (nSPS) is 11.7. The van der Waals surface area contributed by atoms with Crippen LogP contribution in [0.1, 0.15) is 37.8 Å². The smallest absolute Gasteiger partial charge is 0.118 e. The molecule has 0 bridgehead atoms. The van der Waals surface area contributed by atoms with Crippen LogP contribution in [0.2, 0.25) is 0 Å². The summed E-state index contributed by atoms with van der Waals surface area (Å²) in [6.07, 6.45) is 3.44. The molecule has 0 unspecified atom stereocenters. The molecule has 0 fully saturated rings. The van der Waals surface area contributed by atoms with Crippen molar-refractivity contribution >= 4 is 12.4 Å². The van der Waals surface area contributed by atoms with Gasteiger partial charge in [-0.15, -0.1) is 12.4 Å². The highest BCUT2D eigenvalue weighted by molar-refractivity contribution is 5.85. The SMILES string of the molecule is CCCC[C@@H](N)c1ccc(OC)cc1.Cl. The van der Waals surface area contributed by atoms with Crippen molar-refractivity contribution in [2.75, 3.05) is 7.11 Å². The van der Waals surface area contributed by atoms with Crippen LogP contribution in [0.3, 0.4) is 0 Å². The molecule has 1 atom stereocenters. The molecule has 1 aromatic carbocycles. The lowest BCUT2D eigenvalue weighted by Gasteiger charge is -2.11. The lowest BCUT2D eigenvalue weighted by atomic mass is 10.0. The van der Waals surface area contributed by atoms with E-state index in [1.807, 2.05) is 24.3 Å². The maximum Gasteiger partial charge on any atom is 0.118 e. The van der Waals surface area contributed by atoms with Crippen LogP contribution < -0.4 is 10.5 Å². The number of hydrogen-bond acceptors (Lipinski definition) is 2. The minimum atomic E-state index is 0. The fourth-order valence-corrected chi connectivity index (χ4v) is 1.44. The summed E-state index contributed by atoms with van der Waals surface area (Å²) >= 11 is 0. The van der Waals surface area contributed by atoms with E-state index in [4.69, 9.17) is 10.5 Å². The van der Waals surface area contributed by atoms with Gasteiger partial charge in [0.2, 0.25) is 0 Å². The fourth-order valence-electron chi connectivity index (χ4n) is 1.44. The molecule has 2 nitrogen and oxygen atoms in total. The van der Waals surface area contributed by atoms with Gasteiger partial charge in [-0.3, -0.25) is 0 Å². The number of benzene rings is 1. The Morgan fingerprint density at radius 2 is 1.87 bits per heavy atom. The highest BCUT2D eigenvalue weighted by Crippen LogP contribution is 2.19. The van der Waals surface area contributed by atoms with Gasteiger partial charge in [-0.25, -0.2) is 0 Å². The zero-order valence-electron chi connectivity index (χ0n) is 9.40. The summed E-state index contributed by atoms with van der Waals surface area (Å²) in [5.41, 5.74) is 7.23. The fraction of sp³-hybridized carbons (Fsp3) is 0.500. The maximum absolute atomic E-state index is 6.03. The maximum atomic E-state index is 6.03. The Morgan fingerprint density at radius 3 is 2.33 bits per heavy atom. The van der Waals surface area contributed by atoms with E-state index in [-0.39, 0.29) is 18.4 Å². The summed E-state index contributed by atoms with van der Waals surface area (Å²) in [7, 11) is 1.67. The third-order valence-corrected chi connectivity index (χ3v) is 2.41. The van der Waals surface area contributed by atoms with Gasteiger partial charge in [-0.1, -0.05) is 31.9 Å². The van der Waals surface area contributed by atoms with E-state index in [9.17, 15) is 0 Å². The Morgan fingerprint density at radius 1 is 1.27 bits per heavy atom. The summed E-state index contributed by atoms with van der Waals surface area (Å²) in [5.74, 6) is 0.886. The molecular weight excluding hydrogens is 210 g/mol. The van der Waals surface area contributed by atoms with Gasteiger partial charge in [0.1, 0.15) is 5.75 Å². The molecule has 2 N–H and O–H groups in total. The summed E-state index contributed by atoms with van der Waals surface area (Å²) in [5, 5.41) is 0. The summed E-state index contributed by atoms with van der Waals surface area (Å²) in [6.45, 7) is 2.18. The third kappa shape index (κ3) is 4.54. The second kappa shape index (κ2) is 7.55. The van der Waals surface area contributed by atoms with Crippen LogP contribution in [0.4, 0.5) is 0 Å². The quantitative estimate of drug-likeness (QED) is 0.841. The second-order valence-corrected chi connectivity index (χ2v) is 3.52. The Kier molecular flexibility index (Phi) is 7.18. The first kappa shape index (κ1) is 14.3. The second-order valence-electron chi connectivity index (χ2n) is 3.52. The zero-order chi connectivity index (χ0) is 10.4. The van der Waals surface area contributed by atoms with E-state index in [1.165, 1.54) is 18.4 Å². The molecule has 0 aromatic heterocycles. The van der Waals surface area contributed by atoms with Gasteiger partial charge in [0.05, 0.1) is 7.11 Å². The van der Waals surface area contributed by atoms with Crippen molar-refractivity contribution in [1.29, 1.82) is 0 Å².